The molecule has 0 aliphatic carbocycles. The van der Waals surface area contributed by atoms with E-state index in [-0.39, 0.29) is 15.8 Å². The van der Waals surface area contributed by atoms with Gasteiger partial charge >= 0.3 is 0 Å². The lowest BCUT2D eigenvalue weighted by Crippen LogP contribution is -2.14. The van der Waals surface area contributed by atoms with Gasteiger partial charge in [-0.15, -0.1) is 0 Å². The number of hydrogen-bond donors (Lipinski definition) is 2. The van der Waals surface area contributed by atoms with Crippen molar-refractivity contribution >= 4 is 44.6 Å². The van der Waals surface area contributed by atoms with Gasteiger partial charge in [0.05, 0.1) is 21.3 Å². The lowest BCUT2D eigenvalue weighted by molar-refractivity contribution is -0.114. The molecule has 2 aromatic carbocycles. The van der Waals surface area contributed by atoms with E-state index < -0.39 is 10.0 Å². The Morgan fingerprint density at radius 2 is 1.83 bits per heavy atom. The van der Waals surface area contributed by atoms with E-state index in [0.717, 1.165) is 5.69 Å². The first-order valence-corrected chi connectivity index (χ1v) is 8.92. The van der Waals surface area contributed by atoms with Gasteiger partial charge in [-0.1, -0.05) is 17.7 Å². The normalized spacial score (nSPS) is 11.0. The van der Waals surface area contributed by atoms with Gasteiger partial charge < -0.3 is 10.2 Å². The molecule has 0 spiro atoms. The Hall–Kier alpha value is -2.25. The maximum Gasteiger partial charge on any atom is 0.261 e. The van der Waals surface area contributed by atoms with Crippen molar-refractivity contribution in [3.05, 3.63) is 47.5 Å². The van der Waals surface area contributed by atoms with Crippen molar-refractivity contribution in [1.29, 1.82) is 0 Å². The summed E-state index contributed by atoms with van der Waals surface area (Å²) in [5.74, 6) is -0.286. The number of rotatable bonds is 5. The van der Waals surface area contributed by atoms with Crippen LogP contribution in [0.5, 0.6) is 0 Å². The van der Waals surface area contributed by atoms with Crippen LogP contribution in [0.25, 0.3) is 0 Å². The second-order valence-electron chi connectivity index (χ2n) is 5.37. The molecule has 0 fully saturated rings. The van der Waals surface area contributed by atoms with Gasteiger partial charge in [-0.05, 0) is 36.4 Å². The molecule has 0 heterocycles. The number of benzene rings is 2. The van der Waals surface area contributed by atoms with Gasteiger partial charge in [0, 0.05) is 26.7 Å². The van der Waals surface area contributed by atoms with Crippen molar-refractivity contribution in [2.45, 2.75) is 11.8 Å². The van der Waals surface area contributed by atoms with Gasteiger partial charge in [-0.25, -0.2) is 8.42 Å². The molecule has 0 aromatic heterocycles. The van der Waals surface area contributed by atoms with Crippen molar-refractivity contribution in [3.63, 3.8) is 0 Å². The molecule has 0 saturated heterocycles. The smallest absolute Gasteiger partial charge is 0.261 e. The first-order valence-electron chi connectivity index (χ1n) is 7.06. The molecular weight excluding hydrogens is 350 g/mol. The maximum absolute atomic E-state index is 12.5. The fourth-order valence-electron chi connectivity index (χ4n) is 2.02. The van der Waals surface area contributed by atoms with E-state index in [1.54, 1.807) is 18.2 Å². The van der Waals surface area contributed by atoms with E-state index >= 15 is 0 Å². The molecule has 2 rings (SSSR count). The quantitative estimate of drug-likeness (QED) is 0.850. The van der Waals surface area contributed by atoms with Crippen LogP contribution in [0.1, 0.15) is 6.92 Å². The highest BCUT2D eigenvalue weighted by atomic mass is 35.5. The minimum absolute atomic E-state index is 0.0110. The molecule has 0 aliphatic heterocycles. The number of amides is 1. The zero-order valence-electron chi connectivity index (χ0n) is 13.5. The molecular formula is C16H18ClN3O3S. The average Bonchev–Trinajstić information content (AvgIpc) is 2.48. The number of hydrogen-bond acceptors (Lipinski definition) is 4. The van der Waals surface area contributed by atoms with Crippen molar-refractivity contribution in [1.82, 2.24) is 0 Å². The number of carbonyl (C=O) groups is 1. The van der Waals surface area contributed by atoms with Crippen LogP contribution in [-0.4, -0.2) is 28.4 Å². The van der Waals surface area contributed by atoms with E-state index in [1.807, 2.05) is 25.1 Å². The minimum atomic E-state index is -3.79. The molecule has 24 heavy (non-hydrogen) atoms. The summed E-state index contributed by atoms with van der Waals surface area (Å²) in [7, 11) is -0.0508. The van der Waals surface area contributed by atoms with E-state index in [4.69, 9.17) is 11.6 Å². The van der Waals surface area contributed by atoms with Crippen LogP contribution < -0.4 is 14.9 Å². The Labute approximate surface area is 146 Å². The van der Waals surface area contributed by atoms with Gasteiger partial charge in [-0.2, -0.15) is 0 Å². The molecule has 128 valence electrons. The third-order valence-corrected chi connectivity index (χ3v) is 4.87. The molecule has 0 unspecified atom stereocenters. The van der Waals surface area contributed by atoms with E-state index in [2.05, 4.69) is 10.0 Å². The SMILES string of the molecule is CC(=O)Nc1ccc(S(=O)(=O)Nc2cccc(N(C)C)c2)cc1Cl. The number of carbonyl (C=O) groups excluding carboxylic acids is 1. The number of sulfonamides is 1. The lowest BCUT2D eigenvalue weighted by atomic mass is 10.3. The largest absolute Gasteiger partial charge is 0.378 e. The van der Waals surface area contributed by atoms with Crippen molar-refractivity contribution < 1.29 is 13.2 Å². The van der Waals surface area contributed by atoms with Crippen LogP contribution in [0.3, 0.4) is 0 Å². The van der Waals surface area contributed by atoms with E-state index in [1.165, 1.54) is 25.1 Å². The molecule has 8 heteroatoms. The van der Waals surface area contributed by atoms with Crippen molar-refractivity contribution in [3.8, 4) is 0 Å². The van der Waals surface area contributed by atoms with Crippen LogP contribution in [0.2, 0.25) is 5.02 Å². The zero-order valence-corrected chi connectivity index (χ0v) is 15.1. The predicted molar refractivity (Wildman–Crippen MR) is 97.3 cm³/mol. The highest BCUT2D eigenvalue weighted by molar-refractivity contribution is 7.92. The summed E-state index contributed by atoms with van der Waals surface area (Å²) in [4.78, 5) is 13.0. The Morgan fingerprint density at radius 3 is 2.42 bits per heavy atom. The number of anilines is 3. The fraction of sp³-hybridized carbons (Fsp3) is 0.188. The summed E-state index contributed by atoms with van der Waals surface area (Å²) < 4.78 is 27.5. The Balaban J connectivity index is 2.29. The third-order valence-electron chi connectivity index (χ3n) is 3.18. The fourth-order valence-corrected chi connectivity index (χ4v) is 3.38. The molecule has 0 radical (unpaired) electrons. The van der Waals surface area contributed by atoms with Gasteiger partial charge in [-0.3, -0.25) is 9.52 Å². The highest BCUT2D eigenvalue weighted by Gasteiger charge is 2.16. The van der Waals surface area contributed by atoms with Gasteiger partial charge in [0.2, 0.25) is 5.91 Å². The molecule has 2 aromatic rings. The van der Waals surface area contributed by atoms with Crippen molar-refractivity contribution in [2.75, 3.05) is 29.0 Å². The van der Waals surface area contributed by atoms with Crippen LogP contribution in [0.15, 0.2) is 47.4 Å². The maximum atomic E-state index is 12.5. The highest BCUT2D eigenvalue weighted by Crippen LogP contribution is 2.27. The first-order chi connectivity index (χ1) is 11.2. The average molecular weight is 368 g/mol. The van der Waals surface area contributed by atoms with Gasteiger partial charge in [0.1, 0.15) is 0 Å². The molecule has 0 bridgehead atoms. The Bertz CT molecular complexity index is 867. The van der Waals surface area contributed by atoms with Gasteiger partial charge in [0.25, 0.3) is 10.0 Å². The lowest BCUT2D eigenvalue weighted by Gasteiger charge is -2.15. The first kappa shape index (κ1) is 18.1. The molecule has 0 aliphatic rings. The summed E-state index contributed by atoms with van der Waals surface area (Å²) in [6.45, 7) is 1.35. The molecule has 0 atom stereocenters. The molecule has 0 saturated carbocycles. The number of halogens is 1. The van der Waals surface area contributed by atoms with E-state index in [9.17, 15) is 13.2 Å². The Kier molecular flexibility index (Phi) is 5.36. The van der Waals surface area contributed by atoms with Gasteiger partial charge in [0.15, 0.2) is 0 Å². The zero-order chi connectivity index (χ0) is 17.9. The Morgan fingerprint density at radius 1 is 1.12 bits per heavy atom. The second-order valence-corrected chi connectivity index (χ2v) is 7.46. The minimum Gasteiger partial charge on any atom is -0.378 e. The summed E-state index contributed by atoms with van der Waals surface area (Å²) in [6.07, 6.45) is 0. The molecule has 1 amide bonds. The van der Waals surface area contributed by atoms with Crippen LogP contribution in [-0.2, 0) is 14.8 Å². The topological polar surface area (TPSA) is 78.5 Å². The van der Waals surface area contributed by atoms with Crippen LogP contribution in [0, 0.1) is 0 Å². The van der Waals surface area contributed by atoms with Crippen molar-refractivity contribution in [2.24, 2.45) is 0 Å². The van der Waals surface area contributed by atoms with Crippen LogP contribution in [0.4, 0.5) is 17.1 Å². The monoisotopic (exact) mass is 367 g/mol. The summed E-state index contributed by atoms with van der Waals surface area (Å²) in [6, 6.07) is 11.2. The molecule has 2 N–H and O–H groups in total. The molecule has 6 nitrogen and oxygen atoms in total. The third kappa shape index (κ3) is 4.39. The standard InChI is InChI=1S/C16H18ClN3O3S/c1-11(21)18-16-8-7-14(10-15(16)17)24(22,23)19-12-5-4-6-13(9-12)20(2)3/h4-10,19H,1-3H3,(H,18,21). The predicted octanol–water partition coefficient (Wildman–Crippen LogP) is 3.17. The second kappa shape index (κ2) is 7.11. The van der Waals surface area contributed by atoms with Crippen LogP contribution >= 0.6 is 11.6 Å². The van der Waals surface area contributed by atoms with E-state index in [0.29, 0.717) is 11.4 Å². The number of nitrogens with zero attached hydrogens (tertiary/aromatic N) is 1. The summed E-state index contributed by atoms with van der Waals surface area (Å²) in [5, 5.41) is 2.68. The summed E-state index contributed by atoms with van der Waals surface area (Å²) >= 11 is 6.04. The summed E-state index contributed by atoms with van der Waals surface area (Å²) in [5.41, 5.74) is 1.68. The number of nitrogens with one attached hydrogen (secondary N) is 2.